The number of nitriles is 1. The predicted molar refractivity (Wildman–Crippen MR) is 132 cm³/mol. The fourth-order valence-corrected chi connectivity index (χ4v) is 4.60. The molecule has 7 heteroatoms. The van der Waals surface area contributed by atoms with Crippen LogP contribution in [-0.2, 0) is 4.79 Å². The average molecular weight is 467 g/mol. The molecule has 0 aliphatic carbocycles. The molecule has 0 atom stereocenters. The maximum atomic E-state index is 13.1. The Morgan fingerprint density at radius 3 is 2.26 bits per heavy atom. The third kappa shape index (κ3) is 4.97. The fourth-order valence-electron chi connectivity index (χ4n) is 4.60. The van der Waals surface area contributed by atoms with Crippen LogP contribution in [0.3, 0.4) is 0 Å². The number of rotatable bonds is 7. The lowest BCUT2D eigenvalue weighted by Crippen LogP contribution is -2.41. The number of piperidine rings is 1. The number of furan rings is 1. The summed E-state index contributed by atoms with van der Waals surface area (Å²) in [6.45, 7) is 1.76. The molecule has 2 aromatic heterocycles. The van der Waals surface area contributed by atoms with Crippen molar-refractivity contribution in [3.05, 3.63) is 95.9 Å². The normalized spacial score (nSPS) is 14.1. The average Bonchev–Trinajstić information content (AvgIpc) is 3.60. The summed E-state index contributed by atoms with van der Waals surface area (Å²) in [6, 6.07) is 26.1. The summed E-state index contributed by atoms with van der Waals surface area (Å²) in [5.74, 6) is 1.27. The second-order valence-corrected chi connectivity index (χ2v) is 8.64. The highest BCUT2D eigenvalue weighted by atomic mass is 16.4. The monoisotopic (exact) mass is 466 g/mol. The summed E-state index contributed by atoms with van der Waals surface area (Å²) in [6.07, 6.45) is 2.89. The van der Waals surface area contributed by atoms with E-state index in [9.17, 15) is 10.1 Å². The molecule has 0 unspecified atom stereocenters. The number of nitrogens with one attached hydrogen (secondary N) is 1. The number of carbonyl (C=O) groups is 1. The largest absolute Gasteiger partial charge is 0.459 e. The Kier molecular flexibility index (Phi) is 6.62. The van der Waals surface area contributed by atoms with Crippen LogP contribution in [0.25, 0.3) is 11.7 Å². The molecule has 1 aliphatic heterocycles. The molecule has 0 spiro atoms. The van der Waals surface area contributed by atoms with Crippen LogP contribution in [-0.4, -0.2) is 30.5 Å². The van der Waals surface area contributed by atoms with Crippen LogP contribution in [0.2, 0.25) is 0 Å². The van der Waals surface area contributed by atoms with Gasteiger partial charge in [-0.25, -0.2) is 0 Å². The maximum absolute atomic E-state index is 13.1. The summed E-state index contributed by atoms with van der Waals surface area (Å²) >= 11 is 0. The van der Waals surface area contributed by atoms with Gasteiger partial charge in [0.05, 0.1) is 6.26 Å². The van der Waals surface area contributed by atoms with Gasteiger partial charge in [0.2, 0.25) is 17.5 Å². The highest BCUT2D eigenvalue weighted by Gasteiger charge is 2.29. The highest BCUT2D eigenvalue weighted by Crippen LogP contribution is 2.31. The van der Waals surface area contributed by atoms with Crippen LogP contribution in [0.15, 0.2) is 87.9 Å². The first kappa shape index (κ1) is 22.5. The summed E-state index contributed by atoms with van der Waals surface area (Å²) in [7, 11) is 0. The standard InChI is InChI=1S/C28H26N4O3/c29-18-24-28(35-27(31-24)25-12-7-17-34-25)32-15-13-22(14-16-32)26(33)30-19-23(20-8-3-1-4-9-20)21-10-5-2-6-11-21/h1-12,17,22-23H,13-16,19H2,(H,30,33). The second kappa shape index (κ2) is 10.3. The van der Waals surface area contributed by atoms with Gasteiger partial charge in [-0.1, -0.05) is 60.7 Å². The van der Waals surface area contributed by atoms with E-state index in [0.29, 0.717) is 44.1 Å². The highest BCUT2D eigenvalue weighted by molar-refractivity contribution is 5.79. The third-order valence-electron chi connectivity index (χ3n) is 6.48. The Labute approximate surface area is 204 Å². The van der Waals surface area contributed by atoms with Crippen molar-refractivity contribution in [3.8, 4) is 17.7 Å². The molecule has 0 bridgehead atoms. The summed E-state index contributed by atoms with van der Waals surface area (Å²) in [4.78, 5) is 19.3. The first-order valence-electron chi connectivity index (χ1n) is 11.8. The van der Waals surface area contributed by atoms with E-state index in [1.54, 1.807) is 12.1 Å². The van der Waals surface area contributed by atoms with Gasteiger partial charge < -0.3 is 19.1 Å². The number of anilines is 1. The van der Waals surface area contributed by atoms with Crippen LogP contribution in [0.1, 0.15) is 35.6 Å². The van der Waals surface area contributed by atoms with Crippen LogP contribution in [0.5, 0.6) is 0 Å². The van der Waals surface area contributed by atoms with Crippen molar-refractivity contribution >= 4 is 11.8 Å². The first-order chi connectivity index (χ1) is 17.2. The van der Waals surface area contributed by atoms with Gasteiger partial charge in [-0.05, 0) is 36.1 Å². The molecule has 1 saturated heterocycles. The first-order valence-corrected chi connectivity index (χ1v) is 11.8. The SMILES string of the molecule is N#Cc1nc(-c2ccco2)oc1N1CCC(C(=O)NCC(c2ccccc2)c2ccccc2)CC1. The molecule has 7 nitrogen and oxygen atoms in total. The van der Waals surface area contributed by atoms with Crippen LogP contribution < -0.4 is 10.2 Å². The van der Waals surface area contributed by atoms with Gasteiger partial charge in [-0.3, -0.25) is 4.79 Å². The number of benzene rings is 2. The topological polar surface area (TPSA) is 95.3 Å². The smallest absolute Gasteiger partial charge is 0.266 e. The van der Waals surface area contributed by atoms with Crippen molar-refractivity contribution in [3.63, 3.8) is 0 Å². The van der Waals surface area contributed by atoms with Crippen LogP contribution in [0.4, 0.5) is 5.88 Å². The van der Waals surface area contributed by atoms with Crippen molar-refractivity contribution in [2.24, 2.45) is 5.92 Å². The summed E-state index contributed by atoms with van der Waals surface area (Å²) in [5, 5.41) is 12.7. The zero-order chi connectivity index (χ0) is 24.0. The molecule has 4 aromatic rings. The molecule has 0 saturated carbocycles. The Hall–Kier alpha value is -4.31. The van der Waals surface area contributed by atoms with Crippen molar-refractivity contribution in [1.82, 2.24) is 10.3 Å². The minimum Gasteiger partial charge on any atom is -0.459 e. The molecule has 1 fully saturated rings. The number of nitrogens with zero attached hydrogens (tertiary/aromatic N) is 3. The lowest BCUT2D eigenvalue weighted by molar-refractivity contribution is -0.125. The number of carbonyl (C=O) groups excluding carboxylic acids is 1. The number of hydrogen-bond acceptors (Lipinski definition) is 6. The molecular weight excluding hydrogens is 440 g/mol. The predicted octanol–water partition coefficient (Wildman–Crippen LogP) is 4.97. The fraction of sp³-hybridized carbons (Fsp3) is 0.250. The molecule has 5 rings (SSSR count). The van der Waals surface area contributed by atoms with E-state index in [1.807, 2.05) is 41.3 Å². The molecular formula is C28H26N4O3. The Bertz CT molecular complexity index is 1250. The van der Waals surface area contributed by atoms with Crippen molar-refractivity contribution in [1.29, 1.82) is 5.26 Å². The molecule has 1 amide bonds. The van der Waals surface area contributed by atoms with Crippen molar-refractivity contribution < 1.29 is 13.6 Å². The van der Waals surface area contributed by atoms with Gasteiger partial charge in [0.15, 0.2) is 5.76 Å². The molecule has 3 heterocycles. The van der Waals surface area contributed by atoms with Crippen LogP contribution in [0, 0.1) is 17.2 Å². The van der Waals surface area contributed by atoms with Gasteiger partial charge in [0, 0.05) is 31.5 Å². The van der Waals surface area contributed by atoms with Crippen molar-refractivity contribution in [2.75, 3.05) is 24.5 Å². The lowest BCUT2D eigenvalue weighted by atomic mass is 9.90. The maximum Gasteiger partial charge on any atom is 0.266 e. The summed E-state index contributed by atoms with van der Waals surface area (Å²) in [5.41, 5.74) is 2.58. The van der Waals surface area contributed by atoms with E-state index in [2.05, 4.69) is 40.6 Å². The van der Waals surface area contributed by atoms with E-state index in [1.165, 1.54) is 17.4 Å². The zero-order valence-corrected chi connectivity index (χ0v) is 19.3. The van der Waals surface area contributed by atoms with E-state index >= 15 is 0 Å². The van der Waals surface area contributed by atoms with Gasteiger partial charge in [0.25, 0.3) is 5.89 Å². The number of amides is 1. The number of hydrogen-bond donors (Lipinski definition) is 1. The van der Waals surface area contributed by atoms with Gasteiger partial charge >= 0.3 is 0 Å². The van der Waals surface area contributed by atoms with E-state index in [0.717, 1.165) is 0 Å². The minimum absolute atomic E-state index is 0.0656. The summed E-state index contributed by atoms with van der Waals surface area (Å²) < 4.78 is 11.2. The second-order valence-electron chi connectivity index (χ2n) is 8.64. The zero-order valence-electron chi connectivity index (χ0n) is 19.3. The van der Waals surface area contributed by atoms with Gasteiger partial charge in [-0.2, -0.15) is 10.2 Å². The molecule has 2 aromatic carbocycles. The third-order valence-corrected chi connectivity index (χ3v) is 6.48. The van der Waals surface area contributed by atoms with Crippen molar-refractivity contribution in [2.45, 2.75) is 18.8 Å². The molecule has 1 aliphatic rings. The minimum atomic E-state index is -0.0866. The lowest BCUT2D eigenvalue weighted by Gasteiger charge is -2.31. The Morgan fingerprint density at radius 2 is 1.69 bits per heavy atom. The van der Waals surface area contributed by atoms with E-state index < -0.39 is 0 Å². The Balaban J connectivity index is 1.22. The Morgan fingerprint density at radius 1 is 1.03 bits per heavy atom. The van der Waals surface area contributed by atoms with Crippen LogP contribution >= 0.6 is 0 Å². The molecule has 35 heavy (non-hydrogen) atoms. The van der Waals surface area contributed by atoms with Gasteiger partial charge in [0.1, 0.15) is 6.07 Å². The molecule has 0 radical (unpaired) electrons. The molecule has 176 valence electrons. The van der Waals surface area contributed by atoms with E-state index in [4.69, 9.17) is 8.83 Å². The number of aromatic nitrogens is 1. The quantitative estimate of drug-likeness (QED) is 0.413. The van der Waals surface area contributed by atoms with Gasteiger partial charge in [-0.15, -0.1) is 0 Å². The molecule has 1 N–H and O–H groups in total. The van der Waals surface area contributed by atoms with E-state index in [-0.39, 0.29) is 29.3 Å². The number of oxazole rings is 1.